The highest BCUT2D eigenvalue weighted by atomic mass is 16.6. The molecular weight excluding hydrogens is 270 g/mol. The molecule has 21 heavy (non-hydrogen) atoms. The first-order valence-electron chi connectivity index (χ1n) is 7.72. The van der Waals surface area contributed by atoms with Gasteiger partial charge in [-0.05, 0) is 51.4 Å². The van der Waals surface area contributed by atoms with Crippen LogP contribution in [0.4, 0.5) is 4.79 Å². The van der Waals surface area contributed by atoms with Crippen molar-refractivity contribution < 1.29 is 19.4 Å². The maximum Gasteiger partial charge on any atom is 0.408 e. The zero-order valence-electron chi connectivity index (χ0n) is 14.0. The molecular formula is C16H29NO4. The van der Waals surface area contributed by atoms with Crippen molar-refractivity contribution in [1.29, 1.82) is 0 Å². The molecule has 0 aromatic rings. The van der Waals surface area contributed by atoms with E-state index in [0.717, 1.165) is 12.8 Å². The Hall–Kier alpha value is -1.26. The van der Waals surface area contributed by atoms with E-state index in [0.29, 0.717) is 6.42 Å². The van der Waals surface area contributed by atoms with Crippen LogP contribution in [0, 0.1) is 17.8 Å². The van der Waals surface area contributed by atoms with Gasteiger partial charge < -0.3 is 15.2 Å². The number of amides is 1. The van der Waals surface area contributed by atoms with E-state index in [-0.39, 0.29) is 17.8 Å². The van der Waals surface area contributed by atoms with Crippen LogP contribution < -0.4 is 5.32 Å². The maximum absolute atomic E-state index is 12.1. The normalized spacial score (nSPS) is 30.0. The van der Waals surface area contributed by atoms with E-state index in [9.17, 15) is 14.7 Å². The molecule has 1 amide bonds. The molecule has 5 heteroatoms. The van der Waals surface area contributed by atoms with Crippen molar-refractivity contribution in [2.24, 2.45) is 17.8 Å². The minimum Gasteiger partial charge on any atom is -0.479 e. The highest BCUT2D eigenvalue weighted by Crippen LogP contribution is 2.41. The van der Waals surface area contributed by atoms with Gasteiger partial charge in [0.2, 0.25) is 0 Å². The van der Waals surface area contributed by atoms with E-state index < -0.39 is 23.2 Å². The third kappa shape index (κ3) is 4.35. The quantitative estimate of drug-likeness (QED) is 0.837. The summed E-state index contributed by atoms with van der Waals surface area (Å²) in [7, 11) is 0. The number of carboxylic acids is 1. The molecule has 0 heterocycles. The van der Waals surface area contributed by atoms with Gasteiger partial charge in [0, 0.05) is 0 Å². The molecule has 1 aliphatic carbocycles. The summed E-state index contributed by atoms with van der Waals surface area (Å²) in [5.41, 5.74) is -1.87. The molecule has 1 saturated carbocycles. The smallest absolute Gasteiger partial charge is 0.408 e. The van der Waals surface area contributed by atoms with Crippen molar-refractivity contribution >= 4 is 12.1 Å². The minimum atomic E-state index is -1.23. The Bertz CT molecular complexity index is 400. The molecule has 0 aromatic heterocycles. The molecule has 0 aliphatic heterocycles. The van der Waals surface area contributed by atoms with Gasteiger partial charge in [0.1, 0.15) is 11.1 Å². The van der Waals surface area contributed by atoms with Gasteiger partial charge in [-0.25, -0.2) is 9.59 Å². The average molecular weight is 299 g/mol. The Morgan fingerprint density at radius 2 is 1.86 bits per heavy atom. The Balaban J connectivity index is 3.04. The lowest BCUT2D eigenvalue weighted by atomic mass is 9.65. The van der Waals surface area contributed by atoms with Crippen LogP contribution in [0.2, 0.25) is 0 Å². The molecule has 1 rings (SSSR count). The number of carbonyl (C=O) groups is 2. The van der Waals surface area contributed by atoms with Crippen LogP contribution in [0.3, 0.4) is 0 Å². The summed E-state index contributed by atoms with van der Waals surface area (Å²) in [5, 5.41) is 12.5. The summed E-state index contributed by atoms with van der Waals surface area (Å²) in [6.45, 7) is 11.4. The van der Waals surface area contributed by atoms with E-state index in [1.165, 1.54) is 0 Å². The number of carbonyl (C=O) groups excluding carboxylic acids is 1. The molecule has 0 bridgehead atoms. The molecule has 0 spiro atoms. The van der Waals surface area contributed by atoms with Gasteiger partial charge in [-0.2, -0.15) is 0 Å². The first kappa shape index (κ1) is 17.8. The lowest BCUT2D eigenvalue weighted by Crippen LogP contribution is -2.63. The Morgan fingerprint density at radius 3 is 2.29 bits per heavy atom. The molecule has 0 aromatic carbocycles. The van der Waals surface area contributed by atoms with Gasteiger partial charge in [-0.15, -0.1) is 0 Å². The number of carboxylic acid groups (broad SMARTS) is 1. The van der Waals surface area contributed by atoms with E-state index in [4.69, 9.17) is 4.74 Å². The number of nitrogens with one attached hydrogen (secondary N) is 1. The Labute approximate surface area is 127 Å². The van der Waals surface area contributed by atoms with E-state index >= 15 is 0 Å². The van der Waals surface area contributed by atoms with Crippen molar-refractivity contribution in [1.82, 2.24) is 5.32 Å². The number of hydrogen-bond donors (Lipinski definition) is 2. The summed E-state index contributed by atoms with van der Waals surface area (Å²) in [6.07, 6.45) is 1.60. The standard InChI is InChI=1S/C16H29NO4/c1-10(2)12-8-7-11(3)9-16(12,13(18)19)17-14(20)21-15(4,5)6/h10-12H,7-9H2,1-6H3,(H,17,20)(H,18,19)/t11-,12-,16+/m1/s1. The highest BCUT2D eigenvalue weighted by Gasteiger charge is 2.51. The summed E-state index contributed by atoms with van der Waals surface area (Å²) in [5.74, 6) is -0.591. The van der Waals surface area contributed by atoms with Crippen LogP contribution >= 0.6 is 0 Å². The highest BCUT2D eigenvalue weighted by molar-refractivity contribution is 5.85. The van der Waals surface area contributed by atoms with Crippen LogP contribution in [-0.2, 0) is 9.53 Å². The van der Waals surface area contributed by atoms with Gasteiger partial charge in [-0.1, -0.05) is 27.2 Å². The molecule has 2 N–H and O–H groups in total. The van der Waals surface area contributed by atoms with Crippen LogP contribution in [0.25, 0.3) is 0 Å². The zero-order chi connectivity index (χ0) is 16.4. The monoisotopic (exact) mass is 299 g/mol. The Morgan fingerprint density at radius 1 is 1.29 bits per heavy atom. The fourth-order valence-corrected chi connectivity index (χ4v) is 3.34. The summed E-state index contributed by atoms with van der Waals surface area (Å²) >= 11 is 0. The largest absolute Gasteiger partial charge is 0.479 e. The second-order valence-electron chi connectivity index (χ2n) is 7.64. The Kier molecular flexibility index (Phi) is 5.29. The zero-order valence-corrected chi connectivity index (χ0v) is 14.0. The van der Waals surface area contributed by atoms with Crippen molar-refractivity contribution in [3.63, 3.8) is 0 Å². The molecule has 0 radical (unpaired) electrons. The SMILES string of the molecule is CC(C)[C@H]1CC[C@@H](C)C[C@@]1(NC(=O)OC(C)(C)C)C(=O)O. The van der Waals surface area contributed by atoms with Crippen molar-refractivity contribution in [2.75, 3.05) is 0 Å². The molecule has 122 valence electrons. The first-order chi connectivity index (χ1) is 9.48. The van der Waals surface area contributed by atoms with Gasteiger partial charge >= 0.3 is 12.1 Å². The number of hydrogen-bond acceptors (Lipinski definition) is 3. The first-order valence-corrected chi connectivity index (χ1v) is 7.72. The number of ether oxygens (including phenoxy) is 1. The van der Waals surface area contributed by atoms with Crippen LogP contribution in [0.1, 0.15) is 60.8 Å². The fraction of sp³-hybridized carbons (Fsp3) is 0.875. The van der Waals surface area contributed by atoms with Crippen LogP contribution in [-0.4, -0.2) is 28.3 Å². The van der Waals surface area contributed by atoms with E-state index in [2.05, 4.69) is 5.32 Å². The van der Waals surface area contributed by atoms with E-state index in [1.807, 2.05) is 20.8 Å². The lowest BCUT2D eigenvalue weighted by molar-refractivity contribution is -0.151. The fourth-order valence-electron chi connectivity index (χ4n) is 3.34. The molecule has 3 atom stereocenters. The predicted octanol–water partition coefficient (Wildman–Crippen LogP) is 3.43. The average Bonchev–Trinajstić information content (AvgIpc) is 2.24. The van der Waals surface area contributed by atoms with Gasteiger partial charge in [0.15, 0.2) is 0 Å². The third-order valence-electron chi connectivity index (χ3n) is 4.18. The van der Waals surface area contributed by atoms with Crippen LogP contribution in [0.5, 0.6) is 0 Å². The number of rotatable bonds is 3. The van der Waals surface area contributed by atoms with Crippen molar-refractivity contribution in [3.8, 4) is 0 Å². The van der Waals surface area contributed by atoms with Gasteiger partial charge in [-0.3, -0.25) is 0 Å². The minimum absolute atomic E-state index is 0.0845. The number of aliphatic carboxylic acids is 1. The second kappa shape index (κ2) is 6.24. The molecule has 0 saturated heterocycles. The molecule has 1 aliphatic rings. The lowest BCUT2D eigenvalue weighted by Gasteiger charge is -2.45. The predicted molar refractivity (Wildman–Crippen MR) is 81.1 cm³/mol. The van der Waals surface area contributed by atoms with Gasteiger partial charge in [0.05, 0.1) is 0 Å². The second-order valence-corrected chi connectivity index (χ2v) is 7.64. The van der Waals surface area contributed by atoms with Crippen molar-refractivity contribution in [3.05, 3.63) is 0 Å². The molecule has 1 fully saturated rings. The topological polar surface area (TPSA) is 75.6 Å². The summed E-state index contributed by atoms with van der Waals surface area (Å²) in [4.78, 5) is 24.1. The van der Waals surface area contributed by atoms with Gasteiger partial charge in [0.25, 0.3) is 0 Å². The van der Waals surface area contributed by atoms with E-state index in [1.54, 1.807) is 20.8 Å². The molecule has 0 unspecified atom stereocenters. The maximum atomic E-state index is 12.1. The summed E-state index contributed by atoms with van der Waals surface area (Å²) < 4.78 is 5.27. The van der Waals surface area contributed by atoms with Crippen molar-refractivity contribution in [2.45, 2.75) is 71.9 Å². The summed E-state index contributed by atoms with van der Waals surface area (Å²) in [6, 6.07) is 0. The molecule has 5 nitrogen and oxygen atoms in total. The number of alkyl carbamates (subject to hydrolysis) is 1. The third-order valence-corrected chi connectivity index (χ3v) is 4.18. The van der Waals surface area contributed by atoms with Crippen LogP contribution in [0.15, 0.2) is 0 Å².